The van der Waals surface area contributed by atoms with Crippen molar-refractivity contribution in [2.24, 2.45) is 0 Å². The molecule has 0 fully saturated rings. The Morgan fingerprint density at radius 3 is 2.53 bits per heavy atom. The van der Waals surface area contributed by atoms with Crippen molar-refractivity contribution in [1.82, 2.24) is 4.98 Å². The third kappa shape index (κ3) is 2.67. The molecule has 0 unspecified atom stereocenters. The standard InChI is InChI=1S/C9H11N3O2S/c1-2-12(15(13,14)8-5-10)9-3-6-11-7-4-9/h3-4,6-7H,2,8H2,1H3. The van der Waals surface area contributed by atoms with Gasteiger partial charge in [0.25, 0.3) is 0 Å². The van der Waals surface area contributed by atoms with Crippen molar-refractivity contribution in [1.29, 1.82) is 5.26 Å². The van der Waals surface area contributed by atoms with Gasteiger partial charge in [0.15, 0.2) is 5.75 Å². The highest BCUT2D eigenvalue weighted by Gasteiger charge is 2.20. The SMILES string of the molecule is CCN(c1ccncc1)S(=O)(=O)CC#N. The largest absolute Gasteiger partial charge is 0.270 e. The molecule has 0 N–H and O–H groups in total. The average Bonchev–Trinajstić information content (AvgIpc) is 2.19. The Morgan fingerprint density at radius 2 is 2.07 bits per heavy atom. The lowest BCUT2D eigenvalue weighted by Crippen LogP contribution is -2.32. The second kappa shape index (κ2) is 4.75. The fourth-order valence-corrected chi connectivity index (χ4v) is 2.36. The van der Waals surface area contributed by atoms with Gasteiger partial charge in [-0.15, -0.1) is 0 Å². The predicted octanol–water partition coefficient (Wildman–Crippen LogP) is 0.761. The van der Waals surface area contributed by atoms with Gasteiger partial charge >= 0.3 is 0 Å². The summed E-state index contributed by atoms with van der Waals surface area (Å²) in [6.07, 6.45) is 3.03. The molecule has 1 heterocycles. The van der Waals surface area contributed by atoms with Crippen molar-refractivity contribution in [3.63, 3.8) is 0 Å². The summed E-state index contributed by atoms with van der Waals surface area (Å²) >= 11 is 0. The molecule has 0 atom stereocenters. The van der Waals surface area contributed by atoms with E-state index in [4.69, 9.17) is 5.26 Å². The van der Waals surface area contributed by atoms with E-state index in [1.165, 1.54) is 16.7 Å². The van der Waals surface area contributed by atoms with E-state index in [1.54, 1.807) is 25.1 Å². The first-order valence-corrected chi connectivity index (χ1v) is 6.00. The van der Waals surface area contributed by atoms with E-state index in [9.17, 15) is 8.42 Å². The van der Waals surface area contributed by atoms with E-state index in [0.717, 1.165) is 0 Å². The number of pyridine rings is 1. The van der Waals surface area contributed by atoms with Crippen molar-refractivity contribution >= 4 is 15.7 Å². The van der Waals surface area contributed by atoms with Crippen molar-refractivity contribution in [3.05, 3.63) is 24.5 Å². The van der Waals surface area contributed by atoms with Gasteiger partial charge in [-0.05, 0) is 19.1 Å². The monoisotopic (exact) mass is 225 g/mol. The summed E-state index contributed by atoms with van der Waals surface area (Å²) in [5, 5.41) is 8.43. The van der Waals surface area contributed by atoms with Crippen LogP contribution in [0.15, 0.2) is 24.5 Å². The van der Waals surface area contributed by atoms with Crippen LogP contribution in [0.3, 0.4) is 0 Å². The van der Waals surface area contributed by atoms with E-state index in [-0.39, 0.29) is 0 Å². The lowest BCUT2D eigenvalue weighted by atomic mass is 10.4. The minimum atomic E-state index is -3.53. The summed E-state index contributed by atoms with van der Waals surface area (Å²) in [6, 6.07) is 4.84. The van der Waals surface area contributed by atoms with E-state index >= 15 is 0 Å². The number of sulfonamides is 1. The van der Waals surface area contributed by atoms with Gasteiger partial charge < -0.3 is 0 Å². The molecule has 0 bridgehead atoms. The molecule has 0 radical (unpaired) electrons. The van der Waals surface area contributed by atoms with Gasteiger partial charge in [0.05, 0.1) is 11.8 Å². The van der Waals surface area contributed by atoms with Gasteiger partial charge in [-0.25, -0.2) is 8.42 Å². The summed E-state index contributed by atoms with van der Waals surface area (Å²) in [5.74, 6) is -0.511. The molecule has 0 spiro atoms. The van der Waals surface area contributed by atoms with E-state index in [0.29, 0.717) is 12.2 Å². The highest BCUT2D eigenvalue weighted by Crippen LogP contribution is 2.16. The fraction of sp³-hybridized carbons (Fsp3) is 0.333. The Bertz CT molecular complexity index is 450. The highest BCUT2D eigenvalue weighted by atomic mass is 32.2. The Labute approximate surface area is 89.0 Å². The summed E-state index contributed by atoms with van der Waals surface area (Å²) in [7, 11) is -3.53. The van der Waals surface area contributed by atoms with Gasteiger partial charge in [-0.3, -0.25) is 9.29 Å². The minimum Gasteiger partial charge on any atom is -0.270 e. The number of aromatic nitrogens is 1. The molecule has 1 aromatic heterocycles. The molecule has 0 amide bonds. The van der Waals surface area contributed by atoms with Crippen LogP contribution >= 0.6 is 0 Å². The molecule has 5 nitrogen and oxygen atoms in total. The van der Waals surface area contributed by atoms with Crippen molar-refractivity contribution in [3.8, 4) is 6.07 Å². The Kier molecular flexibility index (Phi) is 3.63. The molecular weight excluding hydrogens is 214 g/mol. The smallest absolute Gasteiger partial charge is 0.248 e. The van der Waals surface area contributed by atoms with Crippen LogP contribution in [0, 0.1) is 11.3 Å². The molecule has 1 aromatic rings. The maximum Gasteiger partial charge on any atom is 0.248 e. The van der Waals surface area contributed by atoms with Crippen LogP contribution in [-0.2, 0) is 10.0 Å². The minimum absolute atomic E-state index is 0.300. The zero-order chi connectivity index (χ0) is 11.3. The van der Waals surface area contributed by atoms with Gasteiger partial charge in [0, 0.05) is 18.9 Å². The van der Waals surface area contributed by atoms with Crippen molar-refractivity contribution < 1.29 is 8.42 Å². The topological polar surface area (TPSA) is 74.1 Å². The predicted molar refractivity (Wildman–Crippen MR) is 56.7 cm³/mol. The highest BCUT2D eigenvalue weighted by molar-refractivity contribution is 7.93. The van der Waals surface area contributed by atoms with Crippen LogP contribution in [0.2, 0.25) is 0 Å². The Hall–Kier alpha value is -1.61. The van der Waals surface area contributed by atoms with Gasteiger partial charge in [0.2, 0.25) is 10.0 Å². The quantitative estimate of drug-likeness (QED) is 0.758. The Morgan fingerprint density at radius 1 is 1.47 bits per heavy atom. The third-order valence-corrected chi connectivity index (χ3v) is 3.46. The average molecular weight is 225 g/mol. The van der Waals surface area contributed by atoms with Crippen molar-refractivity contribution in [2.45, 2.75) is 6.92 Å². The first-order valence-electron chi connectivity index (χ1n) is 4.39. The fourth-order valence-electron chi connectivity index (χ4n) is 1.21. The molecule has 1 rings (SSSR count). The number of anilines is 1. The van der Waals surface area contributed by atoms with Gasteiger partial charge in [-0.2, -0.15) is 5.26 Å². The van der Waals surface area contributed by atoms with Crippen LogP contribution in [0.5, 0.6) is 0 Å². The zero-order valence-electron chi connectivity index (χ0n) is 8.29. The molecular formula is C9H11N3O2S. The molecule has 6 heteroatoms. The molecule has 0 aliphatic carbocycles. The Balaban J connectivity index is 3.07. The summed E-state index contributed by atoms with van der Waals surface area (Å²) in [5.41, 5.74) is 0.530. The lowest BCUT2D eigenvalue weighted by molar-refractivity contribution is 0.595. The lowest BCUT2D eigenvalue weighted by Gasteiger charge is -2.20. The first kappa shape index (κ1) is 11.5. The zero-order valence-corrected chi connectivity index (χ0v) is 9.11. The number of nitriles is 1. The van der Waals surface area contributed by atoms with Crippen LogP contribution in [0.25, 0.3) is 0 Å². The molecule has 80 valence electrons. The normalized spacial score (nSPS) is 10.7. The molecule has 0 aliphatic rings. The van der Waals surface area contributed by atoms with Crippen LogP contribution in [0.4, 0.5) is 5.69 Å². The van der Waals surface area contributed by atoms with Crippen LogP contribution in [0.1, 0.15) is 6.92 Å². The number of hydrogen-bond donors (Lipinski definition) is 0. The third-order valence-electron chi connectivity index (χ3n) is 1.82. The second-order valence-electron chi connectivity index (χ2n) is 2.78. The molecule has 0 aromatic carbocycles. The number of nitrogens with zero attached hydrogens (tertiary/aromatic N) is 3. The van der Waals surface area contributed by atoms with Gasteiger partial charge in [0.1, 0.15) is 0 Å². The van der Waals surface area contributed by atoms with E-state index in [1.807, 2.05) is 0 Å². The molecule has 0 aliphatic heterocycles. The summed E-state index contributed by atoms with van der Waals surface area (Å²) < 4.78 is 24.5. The number of rotatable bonds is 4. The van der Waals surface area contributed by atoms with E-state index in [2.05, 4.69) is 4.98 Å². The molecule has 0 saturated carbocycles. The maximum absolute atomic E-state index is 11.6. The van der Waals surface area contributed by atoms with Crippen LogP contribution in [-0.4, -0.2) is 25.7 Å². The second-order valence-corrected chi connectivity index (χ2v) is 4.68. The summed E-state index contributed by atoms with van der Waals surface area (Å²) in [6.45, 7) is 2.02. The van der Waals surface area contributed by atoms with Crippen LogP contribution < -0.4 is 4.31 Å². The first-order chi connectivity index (χ1) is 7.11. The maximum atomic E-state index is 11.6. The molecule has 15 heavy (non-hydrogen) atoms. The van der Waals surface area contributed by atoms with Crippen molar-refractivity contribution in [2.75, 3.05) is 16.6 Å². The molecule has 0 saturated heterocycles. The van der Waals surface area contributed by atoms with Gasteiger partial charge in [-0.1, -0.05) is 0 Å². The van der Waals surface area contributed by atoms with E-state index < -0.39 is 15.8 Å². The summed E-state index contributed by atoms with van der Waals surface area (Å²) in [4.78, 5) is 3.80. The number of hydrogen-bond acceptors (Lipinski definition) is 4.